The number of thioether (sulfide) groups is 1. The molecule has 4 aromatic rings. The van der Waals surface area contributed by atoms with E-state index in [9.17, 15) is 4.79 Å². The summed E-state index contributed by atoms with van der Waals surface area (Å²) in [6.45, 7) is 2.03. The van der Waals surface area contributed by atoms with Crippen LogP contribution < -0.4 is 4.74 Å². The molecule has 1 aromatic heterocycles. The molecule has 3 aromatic carbocycles. The Balaban J connectivity index is 1.57. The maximum absolute atomic E-state index is 12.7. The molecule has 0 fully saturated rings. The van der Waals surface area contributed by atoms with Crippen molar-refractivity contribution in [3.63, 3.8) is 0 Å². The molecule has 5 rings (SSSR count). The van der Waals surface area contributed by atoms with Crippen molar-refractivity contribution in [3.05, 3.63) is 112 Å². The van der Waals surface area contributed by atoms with Crippen LogP contribution >= 0.6 is 23.4 Å². The Labute approximate surface area is 208 Å². The van der Waals surface area contributed by atoms with Gasteiger partial charge in [-0.25, -0.2) is 4.98 Å². The van der Waals surface area contributed by atoms with Crippen LogP contribution in [0, 0.1) is 0 Å². The number of nitrogens with zero attached hydrogens (tertiary/aromatic N) is 1. The number of hydrogen-bond donors (Lipinski definition) is 1. The van der Waals surface area contributed by atoms with E-state index in [-0.39, 0.29) is 5.78 Å². The number of carbonyl (C=O) groups is 1. The van der Waals surface area contributed by atoms with Crippen LogP contribution in [0.3, 0.4) is 0 Å². The lowest BCUT2D eigenvalue weighted by Crippen LogP contribution is -2.33. The van der Waals surface area contributed by atoms with Crippen LogP contribution in [0.1, 0.15) is 52.6 Å². The fraction of sp³-hybridized carbons (Fsp3) is 0.214. The van der Waals surface area contributed by atoms with E-state index in [0.29, 0.717) is 17.2 Å². The molecule has 4 nitrogen and oxygen atoms in total. The number of Topliss-reactive ketones (excluding diaryl/α,β-unsaturated/α-hetero) is 1. The van der Waals surface area contributed by atoms with Crippen LogP contribution in [0.5, 0.6) is 5.75 Å². The minimum absolute atomic E-state index is 0.211. The van der Waals surface area contributed by atoms with Gasteiger partial charge in [-0.3, -0.25) is 4.79 Å². The summed E-state index contributed by atoms with van der Waals surface area (Å²) < 4.78 is 6.83. The minimum atomic E-state index is -0.822. The summed E-state index contributed by atoms with van der Waals surface area (Å²) in [5, 5.41) is 0.716. The SMILES string of the molecule is C[C@](Oc1ccc2c(c1CSc1ccc(Cl)cc1)CCCC2=O)(c1ccccc1)c1ncc[nH]1. The Kier molecular flexibility index (Phi) is 6.48. The van der Waals surface area contributed by atoms with E-state index >= 15 is 0 Å². The van der Waals surface area contributed by atoms with Crippen molar-refractivity contribution < 1.29 is 9.53 Å². The molecule has 0 spiro atoms. The van der Waals surface area contributed by atoms with Crippen LogP contribution in [-0.2, 0) is 17.8 Å². The number of rotatable bonds is 7. The highest BCUT2D eigenvalue weighted by Crippen LogP contribution is 2.40. The molecule has 0 radical (unpaired) electrons. The zero-order chi connectivity index (χ0) is 23.5. The van der Waals surface area contributed by atoms with E-state index in [2.05, 4.69) is 9.97 Å². The zero-order valence-corrected chi connectivity index (χ0v) is 20.5. The Bertz CT molecular complexity index is 1290. The Hall–Kier alpha value is -3.02. The molecule has 172 valence electrons. The van der Waals surface area contributed by atoms with Crippen molar-refractivity contribution in [1.29, 1.82) is 0 Å². The van der Waals surface area contributed by atoms with E-state index < -0.39 is 5.60 Å². The summed E-state index contributed by atoms with van der Waals surface area (Å²) in [6, 6.07) is 21.8. The van der Waals surface area contributed by atoms with E-state index in [4.69, 9.17) is 16.3 Å². The first-order valence-electron chi connectivity index (χ1n) is 11.4. The second-order valence-electron chi connectivity index (χ2n) is 8.53. The van der Waals surface area contributed by atoms with Crippen LogP contribution in [0.2, 0.25) is 5.02 Å². The first-order valence-corrected chi connectivity index (χ1v) is 12.7. The smallest absolute Gasteiger partial charge is 0.188 e. The maximum Gasteiger partial charge on any atom is 0.188 e. The summed E-state index contributed by atoms with van der Waals surface area (Å²) in [6.07, 6.45) is 5.89. The number of hydrogen-bond acceptors (Lipinski definition) is 4. The molecule has 1 heterocycles. The van der Waals surface area contributed by atoms with Crippen LogP contribution in [0.15, 0.2) is 84.0 Å². The average molecular weight is 489 g/mol. The molecule has 34 heavy (non-hydrogen) atoms. The number of aromatic amines is 1. The van der Waals surface area contributed by atoms with Crippen molar-refractivity contribution in [3.8, 4) is 5.75 Å². The molecule has 1 aliphatic rings. The molecule has 1 atom stereocenters. The quantitative estimate of drug-likeness (QED) is 0.279. The fourth-order valence-electron chi connectivity index (χ4n) is 4.47. The number of ketones is 1. The molecule has 1 aliphatic carbocycles. The molecular formula is C28H25ClN2O2S. The number of carbonyl (C=O) groups excluding carboxylic acids is 1. The molecular weight excluding hydrogens is 464 g/mol. The topological polar surface area (TPSA) is 55.0 Å². The lowest BCUT2D eigenvalue weighted by Gasteiger charge is -2.32. The van der Waals surface area contributed by atoms with Gasteiger partial charge in [0.1, 0.15) is 5.75 Å². The lowest BCUT2D eigenvalue weighted by molar-refractivity contribution is 0.0971. The summed E-state index contributed by atoms with van der Waals surface area (Å²) in [4.78, 5) is 21.6. The van der Waals surface area contributed by atoms with Gasteiger partial charge in [0.05, 0.1) is 0 Å². The lowest BCUT2D eigenvalue weighted by atomic mass is 9.87. The van der Waals surface area contributed by atoms with Gasteiger partial charge in [0.15, 0.2) is 17.2 Å². The van der Waals surface area contributed by atoms with Gasteiger partial charge >= 0.3 is 0 Å². The third-order valence-electron chi connectivity index (χ3n) is 6.30. The van der Waals surface area contributed by atoms with Crippen LogP contribution in [-0.4, -0.2) is 15.8 Å². The predicted molar refractivity (Wildman–Crippen MR) is 137 cm³/mol. The van der Waals surface area contributed by atoms with E-state index in [0.717, 1.165) is 51.6 Å². The highest BCUT2D eigenvalue weighted by molar-refractivity contribution is 7.98. The summed E-state index contributed by atoms with van der Waals surface area (Å²) in [7, 11) is 0. The van der Waals surface area contributed by atoms with Gasteiger partial charge in [0.25, 0.3) is 0 Å². The molecule has 0 amide bonds. The number of nitrogens with one attached hydrogen (secondary N) is 1. The second kappa shape index (κ2) is 9.69. The van der Waals surface area contributed by atoms with Crippen molar-refractivity contribution in [2.24, 2.45) is 0 Å². The van der Waals surface area contributed by atoms with Gasteiger partial charge in [-0.1, -0.05) is 41.9 Å². The predicted octanol–water partition coefficient (Wildman–Crippen LogP) is 7.22. The van der Waals surface area contributed by atoms with E-state index in [1.54, 1.807) is 18.0 Å². The number of aromatic nitrogens is 2. The van der Waals surface area contributed by atoms with Crippen LogP contribution in [0.4, 0.5) is 0 Å². The van der Waals surface area contributed by atoms with Gasteiger partial charge in [0.2, 0.25) is 0 Å². The number of benzene rings is 3. The van der Waals surface area contributed by atoms with Gasteiger partial charge < -0.3 is 9.72 Å². The summed E-state index contributed by atoms with van der Waals surface area (Å²) in [5.41, 5.74) is 3.17. The van der Waals surface area contributed by atoms with Crippen LogP contribution in [0.25, 0.3) is 0 Å². The summed E-state index contributed by atoms with van der Waals surface area (Å²) in [5.74, 6) is 2.40. The first-order chi connectivity index (χ1) is 16.5. The third-order valence-corrected chi connectivity index (χ3v) is 7.60. The Morgan fingerprint density at radius 1 is 1.06 bits per heavy atom. The number of fused-ring (bicyclic) bond motifs is 1. The highest BCUT2D eigenvalue weighted by atomic mass is 35.5. The number of halogens is 1. The molecule has 0 saturated carbocycles. The normalized spacial score (nSPS) is 14.9. The Morgan fingerprint density at radius 2 is 1.85 bits per heavy atom. The first kappa shape index (κ1) is 22.8. The van der Waals surface area contributed by atoms with Gasteiger partial charge in [0, 0.05) is 51.2 Å². The van der Waals surface area contributed by atoms with E-state index in [1.807, 2.05) is 79.9 Å². The highest BCUT2D eigenvalue weighted by Gasteiger charge is 2.35. The molecule has 0 saturated heterocycles. The molecule has 0 bridgehead atoms. The van der Waals surface area contributed by atoms with Gasteiger partial charge in [-0.2, -0.15) is 0 Å². The second-order valence-corrected chi connectivity index (χ2v) is 10.0. The number of ether oxygens (including phenoxy) is 1. The number of H-pyrrole nitrogens is 1. The standard InChI is InChI=1S/C28H25ClN2O2S/c1-28(27-30-16-17-31-27,19-6-3-2-4-7-19)33-26-15-14-23-22(8-5-9-25(23)32)24(26)18-34-21-12-10-20(29)11-13-21/h2-4,6-7,10-17H,5,8-9,18H2,1H3,(H,30,31)/t28-/m0/s1. The maximum atomic E-state index is 12.7. The van der Waals surface area contributed by atoms with Gasteiger partial charge in [-0.15, -0.1) is 11.8 Å². The average Bonchev–Trinajstić information content (AvgIpc) is 3.41. The third kappa shape index (κ3) is 4.50. The Morgan fingerprint density at radius 3 is 2.59 bits per heavy atom. The zero-order valence-electron chi connectivity index (χ0n) is 18.9. The van der Waals surface area contributed by atoms with Crippen molar-refractivity contribution in [1.82, 2.24) is 9.97 Å². The monoisotopic (exact) mass is 488 g/mol. The molecule has 0 aliphatic heterocycles. The molecule has 0 unspecified atom stereocenters. The van der Waals surface area contributed by atoms with Crippen molar-refractivity contribution in [2.75, 3.05) is 0 Å². The van der Waals surface area contributed by atoms with E-state index in [1.165, 1.54) is 0 Å². The van der Waals surface area contributed by atoms with Gasteiger partial charge in [-0.05, 0) is 61.7 Å². The largest absolute Gasteiger partial charge is 0.475 e. The fourth-order valence-corrected chi connectivity index (χ4v) is 5.55. The molecule has 1 N–H and O–H groups in total. The van der Waals surface area contributed by atoms with Crippen molar-refractivity contribution >= 4 is 29.1 Å². The number of imidazole rings is 1. The summed E-state index contributed by atoms with van der Waals surface area (Å²) >= 11 is 7.79. The van der Waals surface area contributed by atoms with Crippen molar-refractivity contribution in [2.45, 2.75) is 42.4 Å². The minimum Gasteiger partial charge on any atom is -0.475 e. The molecule has 6 heteroatoms.